The molecule has 0 radical (unpaired) electrons. The Balaban J connectivity index is 1.64. The number of hydrogen-bond donors (Lipinski definition) is 1. The van der Waals surface area contributed by atoms with Crippen molar-refractivity contribution in [3.63, 3.8) is 0 Å². The van der Waals surface area contributed by atoms with Gasteiger partial charge in [0.15, 0.2) is 0 Å². The zero-order valence-electron chi connectivity index (χ0n) is 16.9. The van der Waals surface area contributed by atoms with Crippen molar-refractivity contribution in [2.24, 2.45) is 0 Å². The van der Waals surface area contributed by atoms with Crippen molar-refractivity contribution in [3.8, 4) is 0 Å². The number of carbonyl (C=O) groups excluding carboxylic acids is 1. The van der Waals surface area contributed by atoms with E-state index in [1.165, 1.54) is 0 Å². The molecule has 0 bridgehead atoms. The molecule has 1 N–H and O–H groups in total. The predicted molar refractivity (Wildman–Crippen MR) is 118 cm³/mol. The van der Waals surface area contributed by atoms with Crippen molar-refractivity contribution in [3.05, 3.63) is 59.7 Å². The van der Waals surface area contributed by atoms with Crippen LogP contribution in [0.2, 0.25) is 0 Å². The fourth-order valence-corrected chi connectivity index (χ4v) is 5.79. The highest BCUT2D eigenvalue weighted by Gasteiger charge is 2.25. The highest BCUT2D eigenvalue weighted by atomic mass is 32.2. The first kappa shape index (κ1) is 21.9. The molecule has 1 saturated heterocycles. The molecule has 0 saturated carbocycles. The Kier molecular flexibility index (Phi) is 7.38. The molecule has 1 aliphatic heterocycles. The van der Waals surface area contributed by atoms with Gasteiger partial charge in [0.2, 0.25) is 10.0 Å². The summed E-state index contributed by atoms with van der Waals surface area (Å²) in [4.78, 5) is 13.9. The van der Waals surface area contributed by atoms with E-state index in [9.17, 15) is 13.2 Å². The second-order valence-electron chi connectivity index (χ2n) is 7.45. The summed E-state index contributed by atoms with van der Waals surface area (Å²) in [5.41, 5.74) is 1.53. The average molecular weight is 433 g/mol. The number of carbonyl (C=O) groups is 1. The van der Waals surface area contributed by atoms with Gasteiger partial charge in [-0.25, -0.2) is 8.42 Å². The highest BCUT2D eigenvalue weighted by Crippen LogP contribution is 2.26. The van der Waals surface area contributed by atoms with E-state index in [4.69, 9.17) is 0 Å². The molecule has 1 heterocycles. The van der Waals surface area contributed by atoms with Crippen LogP contribution in [-0.2, 0) is 16.6 Å². The first-order valence-corrected chi connectivity index (χ1v) is 12.3. The van der Waals surface area contributed by atoms with Crippen LogP contribution >= 0.6 is 11.8 Å². The van der Waals surface area contributed by atoms with Crippen LogP contribution in [0.25, 0.3) is 0 Å². The molecule has 5 nitrogen and oxygen atoms in total. The van der Waals surface area contributed by atoms with Gasteiger partial charge in [0, 0.05) is 29.8 Å². The molecule has 2 aromatic rings. The van der Waals surface area contributed by atoms with Crippen LogP contribution in [0.5, 0.6) is 0 Å². The van der Waals surface area contributed by atoms with E-state index >= 15 is 0 Å². The lowest BCUT2D eigenvalue weighted by Gasteiger charge is -2.25. The number of rotatable bonds is 7. The van der Waals surface area contributed by atoms with E-state index in [2.05, 4.69) is 19.2 Å². The summed E-state index contributed by atoms with van der Waals surface area (Å²) in [6.07, 6.45) is 2.92. The normalized spacial score (nSPS) is 15.4. The zero-order valence-corrected chi connectivity index (χ0v) is 18.6. The Labute approximate surface area is 177 Å². The van der Waals surface area contributed by atoms with Crippen molar-refractivity contribution in [2.45, 2.75) is 54.7 Å². The molecule has 29 heavy (non-hydrogen) atoms. The third kappa shape index (κ3) is 5.62. The van der Waals surface area contributed by atoms with Crippen LogP contribution in [0.3, 0.4) is 0 Å². The number of piperidine rings is 1. The number of hydrogen-bond acceptors (Lipinski definition) is 4. The summed E-state index contributed by atoms with van der Waals surface area (Å²) in [6.45, 7) is 5.73. The second kappa shape index (κ2) is 9.78. The summed E-state index contributed by atoms with van der Waals surface area (Å²) in [5.74, 6) is -0.126. The smallest absolute Gasteiger partial charge is 0.252 e. The van der Waals surface area contributed by atoms with Crippen molar-refractivity contribution < 1.29 is 13.2 Å². The van der Waals surface area contributed by atoms with E-state index in [0.717, 1.165) is 29.7 Å². The van der Waals surface area contributed by atoms with Gasteiger partial charge >= 0.3 is 0 Å². The molecule has 0 atom stereocenters. The van der Waals surface area contributed by atoms with E-state index in [0.29, 0.717) is 35.3 Å². The second-order valence-corrected chi connectivity index (χ2v) is 11.0. The van der Waals surface area contributed by atoms with Crippen molar-refractivity contribution in [1.82, 2.24) is 9.62 Å². The lowest BCUT2D eigenvalue weighted by atomic mass is 10.2. The van der Waals surface area contributed by atoms with Crippen LogP contribution < -0.4 is 5.32 Å². The van der Waals surface area contributed by atoms with Crippen LogP contribution in [0, 0.1) is 0 Å². The minimum atomic E-state index is -3.43. The number of amides is 1. The summed E-state index contributed by atoms with van der Waals surface area (Å²) in [5, 5.41) is 3.33. The Hall–Kier alpha value is -1.83. The third-order valence-electron chi connectivity index (χ3n) is 4.82. The monoisotopic (exact) mass is 432 g/mol. The lowest BCUT2D eigenvalue weighted by Crippen LogP contribution is -2.35. The standard InChI is InChI=1S/C22H28N2O3S2/c1-17(2)28-21-9-5-4-8-20(21)22(25)23-16-18-10-12-19(13-11-18)29(26,27)24-14-6-3-7-15-24/h4-5,8-13,17H,3,6-7,14-16H2,1-2H3,(H,23,25). The maximum absolute atomic E-state index is 12.7. The predicted octanol–water partition coefficient (Wildman–Crippen LogP) is 4.29. The van der Waals surface area contributed by atoms with E-state index in [-0.39, 0.29) is 5.91 Å². The fraction of sp³-hybridized carbons (Fsp3) is 0.409. The number of sulfonamides is 1. The third-order valence-corrected chi connectivity index (χ3v) is 7.82. The Morgan fingerprint density at radius 3 is 2.34 bits per heavy atom. The molecule has 0 aliphatic carbocycles. The maximum atomic E-state index is 12.7. The van der Waals surface area contributed by atoms with Crippen LogP contribution in [-0.4, -0.2) is 37.0 Å². The summed E-state index contributed by atoms with van der Waals surface area (Å²) in [6, 6.07) is 14.4. The van der Waals surface area contributed by atoms with Gasteiger partial charge in [-0.1, -0.05) is 44.5 Å². The lowest BCUT2D eigenvalue weighted by molar-refractivity contribution is 0.0948. The molecule has 2 aromatic carbocycles. The van der Waals surface area contributed by atoms with E-state index in [1.807, 2.05) is 24.3 Å². The van der Waals surface area contributed by atoms with Gasteiger partial charge in [-0.3, -0.25) is 4.79 Å². The molecular weight excluding hydrogens is 404 g/mol. The van der Waals surface area contributed by atoms with Gasteiger partial charge in [-0.15, -0.1) is 11.8 Å². The van der Waals surface area contributed by atoms with Crippen LogP contribution in [0.1, 0.15) is 49.0 Å². The molecule has 1 fully saturated rings. The van der Waals surface area contributed by atoms with E-state index in [1.54, 1.807) is 40.3 Å². The topological polar surface area (TPSA) is 66.5 Å². The largest absolute Gasteiger partial charge is 0.348 e. The van der Waals surface area contributed by atoms with Gasteiger partial charge in [-0.05, 0) is 42.7 Å². The molecular formula is C22H28N2O3S2. The van der Waals surface area contributed by atoms with Crippen LogP contribution in [0.4, 0.5) is 0 Å². The minimum absolute atomic E-state index is 0.126. The molecule has 7 heteroatoms. The average Bonchev–Trinajstić information content (AvgIpc) is 2.73. The van der Waals surface area contributed by atoms with Gasteiger partial charge < -0.3 is 5.32 Å². The van der Waals surface area contributed by atoms with Crippen LogP contribution in [0.15, 0.2) is 58.3 Å². The minimum Gasteiger partial charge on any atom is -0.348 e. The SMILES string of the molecule is CC(C)Sc1ccccc1C(=O)NCc1ccc(S(=O)(=O)N2CCCCC2)cc1. The molecule has 0 unspecified atom stereocenters. The Morgan fingerprint density at radius 1 is 1.03 bits per heavy atom. The van der Waals surface area contributed by atoms with Crippen molar-refractivity contribution in [2.75, 3.05) is 13.1 Å². The molecule has 156 valence electrons. The molecule has 3 rings (SSSR count). The summed E-state index contributed by atoms with van der Waals surface area (Å²) < 4.78 is 27.0. The van der Waals surface area contributed by atoms with Crippen molar-refractivity contribution in [1.29, 1.82) is 0 Å². The Bertz CT molecular complexity index is 935. The number of benzene rings is 2. The molecule has 1 amide bonds. The fourth-order valence-electron chi connectivity index (χ4n) is 3.32. The van der Waals surface area contributed by atoms with Crippen molar-refractivity contribution >= 4 is 27.7 Å². The van der Waals surface area contributed by atoms with E-state index < -0.39 is 10.0 Å². The zero-order chi connectivity index (χ0) is 20.9. The highest BCUT2D eigenvalue weighted by molar-refractivity contribution is 8.00. The van der Waals surface area contributed by atoms with Gasteiger partial charge in [0.1, 0.15) is 0 Å². The number of nitrogens with one attached hydrogen (secondary N) is 1. The van der Waals surface area contributed by atoms with Gasteiger partial charge in [0.05, 0.1) is 10.5 Å². The first-order chi connectivity index (χ1) is 13.9. The van der Waals surface area contributed by atoms with Gasteiger partial charge in [-0.2, -0.15) is 4.31 Å². The number of thioether (sulfide) groups is 1. The first-order valence-electron chi connectivity index (χ1n) is 10.0. The molecule has 0 spiro atoms. The number of nitrogens with zero attached hydrogens (tertiary/aromatic N) is 1. The summed E-state index contributed by atoms with van der Waals surface area (Å²) >= 11 is 1.66. The van der Waals surface area contributed by atoms with Gasteiger partial charge in [0.25, 0.3) is 5.91 Å². The molecule has 0 aromatic heterocycles. The quantitative estimate of drug-likeness (QED) is 0.663. The molecule has 1 aliphatic rings. The Morgan fingerprint density at radius 2 is 1.69 bits per heavy atom. The maximum Gasteiger partial charge on any atom is 0.252 e. The summed E-state index contributed by atoms with van der Waals surface area (Å²) in [7, 11) is -3.43.